The summed E-state index contributed by atoms with van der Waals surface area (Å²) in [6, 6.07) is 8.33. The molecule has 27 heavy (non-hydrogen) atoms. The largest absolute Gasteiger partial charge is 0.497 e. The van der Waals surface area contributed by atoms with Crippen LogP contribution in [0.5, 0.6) is 5.75 Å². The summed E-state index contributed by atoms with van der Waals surface area (Å²) in [4.78, 5) is 19.1. The number of anilines is 1. The summed E-state index contributed by atoms with van der Waals surface area (Å²) in [6.45, 7) is 9.88. The lowest BCUT2D eigenvalue weighted by Gasteiger charge is -2.45. The number of benzene rings is 1. The van der Waals surface area contributed by atoms with Crippen LogP contribution in [0.25, 0.3) is 0 Å². The molecule has 0 aliphatic carbocycles. The Morgan fingerprint density at radius 3 is 2.63 bits per heavy atom. The zero-order chi connectivity index (χ0) is 19.6. The minimum Gasteiger partial charge on any atom is -0.497 e. The van der Waals surface area contributed by atoms with Crippen LogP contribution in [0.2, 0.25) is 0 Å². The van der Waals surface area contributed by atoms with Gasteiger partial charge in [-0.25, -0.2) is 0 Å². The molecule has 1 aromatic carbocycles. The number of ether oxygens (including phenoxy) is 1. The second kappa shape index (κ2) is 7.92. The van der Waals surface area contributed by atoms with Gasteiger partial charge in [-0.15, -0.1) is 0 Å². The first-order valence-electron chi connectivity index (χ1n) is 9.54. The van der Waals surface area contributed by atoms with Crippen molar-refractivity contribution in [3.05, 3.63) is 24.3 Å². The van der Waals surface area contributed by atoms with Crippen molar-refractivity contribution in [3.8, 4) is 5.75 Å². The second-order valence-electron chi connectivity index (χ2n) is 8.06. The van der Waals surface area contributed by atoms with Crippen LogP contribution in [0.1, 0.15) is 27.2 Å². The maximum absolute atomic E-state index is 12.8. The third kappa shape index (κ3) is 4.64. The van der Waals surface area contributed by atoms with Crippen LogP contribution in [0.15, 0.2) is 24.3 Å². The number of hydrogen-bond donors (Lipinski definition) is 1. The van der Waals surface area contributed by atoms with Gasteiger partial charge in [0.15, 0.2) is 5.11 Å². The Kier molecular flexibility index (Phi) is 5.79. The first-order valence-corrected chi connectivity index (χ1v) is 9.95. The Morgan fingerprint density at radius 2 is 2.00 bits per heavy atom. The number of amides is 1. The Bertz CT molecular complexity index is 701. The van der Waals surface area contributed by atoms with Gasteiger partial charge >= 0.3 is 0 Å². The van der Waals surface area contributed by atoms with Crippen molar-refractivity contribution in [1.82, 2.24) is 15.1 Å². The fourth-order valence-corrected chi connectivity index (χ4v) is 4.48. The number of carbonyl (C=O) groups is 1. The van der Waals surface area contributed by atoms with Crippen molar-refractivity contribution >= 4 is 28.9 Å². The molecule has 148 valence electrons. The van der Waals surface area contributed by atoms with Gasteiger partial charge in [0.1, 0.15) is 5.75 Å². The average molecular weight is 391 g/mol. The predicted molar refractivity (Wildman–Crippen MR) is 112 cm³/mol. The van der Waals surface area contributed by atoms with E-state index in [1.807, 2.05) is 28.0 Å². The summed E-state index contributed by atoms with van der Waals surface area (Å²) in [5.41, 5.74) is 1.12. The topological polar surface area (TPSA) is 48.1 Å². The fraction of sp³-hybridized carbons (Fsp3) is 0.600. The monoisotopic (exact) mass is 390 g/mol. The zero-order valence-corrected chi connectivity index (χ0v) is 17.5. The number of hydrogen-bond acceptors (Lipinski definition) is 4. The second-order valence-corrected chi connectivity index (χ2v) is 8.45. The number of nitrogens with one attached hydrogen (secondary N) is 1. The van der Waals surface area contributed by atoms with E-state index in [9.17, 15) is 4.79 Å². The third-order valence-electron chi connectivity index (χ3n) is 5.40. The molecule has 1 atom stereocenters. The summed E-state index contributed by atoms with van der Waals surface area (Å²) in [7, 11) is 1.68. The van der Waals surface area contributed by atoms with Crippen molar-refractivity contribution in [1.29, 1.82) is 0 Å². The summed E-state index contributed by atoms with van der Waals surface area (Å²) < 4.78 is 5.31. The minimum absolute atomic E-state index is 0.0155. The molecule has 2 aliphatic heterocycles. The fourth-order valence-electron chi connectivity index (χ4n) is 3.96. The molecule has 2 saturated heterocycles. The molecule has 2 aliphatic rings. The maximum Gasteiger partial charge on any atom is 0.242 e. The highest BCUT2D eigenvalue weighted by molar-refractivity contribution is 7.80. The van der Waals surface area contributed by atoms with Gasteiger partial charge in [-0.3, -0.25) is 4.79 Å². The van der Waals surface area contributed by atoms with Gasteiger partial charge in [0.05, 0.1) is 13.7 Å². The van der Waals surface area contributed by atoms with Gasteiger partial charge in [-0.05, 0) is 51.5 Å². The van der Waals surface area contributed by atoms with Gasteiger partial charge in [0.25, 0.3) is 0 Å². The van der Waals surface area contributed by atoms with E-state index in [1.54, 1.807) is 7.11 Å². The highest BCUT2D eigenvalue weighted by Gasteiger charge is 2.35. The SMILES string of the molecule is COc1cccc(N2CCN(C(=O)CN3C(=S)NC(C)(C)C[C@@H]3C)CC2)c1. The number of nitrogens with zero attached hydrogens (tertiary/aromatic N) is 3. The molecule has 1 N–H and O–H groups in total. The van der Waals surface area contributed by atoms with E-state index in [-0.39, 0.29) is 17.5 Å². The molecule has 0 unspecified atom stereocenters. The molecule has 0 radical (unpaired) electrons. The molecule has 0 aromatic heterocycles. The Labute approximate surface area is 167 Å². The average Bonchev–Trinajstić information content (AvgIpc) is 2.64. The van der Waals surface area contributed by atoms with Crippen LogP contribution in [-0.4, -0.2) is 72.2 Å². The smallest absolute Gasteiger partial charge is 0.242 e. The predicted octanol–water partition coefficient (Wildman–Crippen LogP) is 2.09. The summed E-state index contributed by atoms with van der Waals surface area (Å²) in [5, 5.41) is 4.03. The Hall–Kier alpha value is -2.02. The molecule has 2 heterocycles. The Morgan fingerprint density at radius 1 is 1.30 bits per heavy atom. The summed E-state index contributed by atoms with van der Waals surface area (Å²) in [6.07, 6.45) is 0.962. The maximum atomic E-state index is 12.8. The van der Waals surface area contributed by atoms with E-state index in [2.05, 4.69) is 37.1 Å². The number of piperazine rings is 1. The first-order chi connectivity index (χ1) is 12.8. The van der Waals surface area contributed by atoms with E-state index < -0.39 is 0 Å². The Balaban J connectivity index is 1.55. The van der Waals surface area contributed by atoms with Crippen LogP contribution in [0.4, 0.5) is 5.69 Å². The van der Waals surface area contributed by atoms with E-state index in [0.717, 1.165) is 44.0 Å². The molecule has 3 rings (SSSR count). The van der Waals surface area contributed by atoms with Crippen LogP contribution < -0.4 is 15.0 Å². The standard InChI is InChI=1S/C20H30N4O2S/c1-15-13-20(2,3)21-19(27)24(15)14-18(25)23-10-8-22(9-11-23)16-6-5-7-17(12-16)26-4/h5-7,12,15H,8-11,13-14H2,1-4H3,(H,21,27)/t15-/m0/s1. The first kappa shape index (κ1) is 19.7. The molecule has 1 amide bonds. The van der Waals surface area contributed by atoms with Crippen molar-refractivity contribution < 1.29 is 9.53 Å². The number of thiocarbonyl (C=S) groups is 1. The molecule has 7 heteroatoms. The minimum atomic E-state index is -0.0155. The third-order valence-corrected chi connectivity index (χ3v) is 5.74. The van der Waals surface area contributed by atoms with Gasteiger partial charge in [-0.1, -0.05) is 6.07 Å². The van der Waals surface area contributed by atoms with E-state index in [1.165, 1.54) is 0 Å². The van der Waals surface area contributed by atoms with Crippen LogP contribution in [0.3, 0.4) is 0 Å². The van der Waals surface area contributed by atoms with E-state index in [0.29, 0.717) is 11.7 Å². The van der Waals surface area contributed by atoms with Gasteiger partial charge in [0.2, 0.25) is 5.91 Å². The highest BCUT2D eigenvalue weighted by atomic mass is 32.1. The van der Waals surface area contributed by atoms with E-state index >= 15 is 0 Å². The number of methoxy groups -OCH3 is 1. The zero-order valence-electron chi connectivity index (χ0n) is 16.7. The van der Waals surface area contributed by atoms with E-state index in [4.69, 9.17) is 17.0 Å². The van der Waals surface area contributed by atoms with Crippen LogP contribution >= 0.6 is 12.2 Å². The van der Waals surface area contributed by atoms with Gasteiger partial charge in [0, 0.05) is 49.5 Å². The molecule has 6 nitrogen and oxygen atoms in total. The molecule has 0 saturated carbocycles. The molecule has 0 spiro atoms. The summed E-state index contributed by atoms with van der Waals surface area (Å²) >= 11 is 5.50. The summed E-state index contributed by atoms with van der Waals surface area (Å²) in [5.74, 6) is 1.00. The lowest BCUT2D eigenvalue weighted by Crippen LogP contribution is -2.62. The quantitative estimate of drug-likeness (QED) is 0.795. The van der Waals surface area contributed by atoms with Crippen molar-refractivity contribution in [3.63, 3.8) is 0 Å². The molecule has 0 bridgehead atoms. The molecular formula is C20H30N4O2S. The van der Waals surface area contributed by atoms with Crippen molar-refractivity contribution in [2.24, 2.45) is 0 Å². The van der Waals surface area contributed by atoms with Crippen LogP contribution in [0, 0.1) is 0 Å². The van der Waals surface area contributed by atoms with Gasteiger partial charge in [-0.2, -0.15) is 0 Å². The van der Waals surface area contributed by atoms with Crippen molar-refractivity contribution in [2.75, 3.05) is 44.7 Å². The highest BCUT2D eigenvalue weighted by Crippen LogP contribution is 2.24. The number of rotatable bonds is 4. The lowest BCUT2D eigenvalue weighted by molar-refractivity contribution is -0.132. The molecule has 1 aromatic rings. The normalized spacial score (nSPS) is 22.4. The van der Waals surface area contributed by atoms with Crippen molar-refractivity contribution in [2.45, 2.75) is 38.8 Å². The number of carbonyl (C=O) groups excluding carboxylic acids is 1. The lowest BCUT2D eigenvalue weighted by atomic mass is 9.93. The van der Waals surface area contributed by atoms with Gasteiger partial charge < -0.3 is 24.8 Å². The van der Waals surface area contributed by atoms with Crippen LogP contribution in [-0.2, 0) is 4.79 Å². The molecular weight excluding hydrogens is 360 g/mol. The molecule has 2 fully saturated rings.